The van der Waals surface area contributed by atoms with Gasteiger partial charge in [-0.15, -0.1) is 24.0 Å². The molecule has 1 aromatic rings. The van der Waals surface area contributed by atoms with Crippen LogP contribution in [0.1, 0.15) is 50.8 Å². The number of piperidine rings is 1. The number of aliphatic imine (C=N–C) groups is 1. The van der Waals surface area contributed by atoms with Gasteiger partial charge in [-0.1, -0.05) is 6.42 Å². The molecule has 3 rings (SSSR count). The summed E-state index contributed by atoms with van der Waals surface area (Å²) in [6.45, 7) is 5.71. The molecule has 2 atom stereocenters. The van der Waals surface area contributed by atoms with E-state index in [4.69, 9.17) is 9.15 Å². The average molecular weight is 533 g/mol. The molecule has 1 aromatic heterocycles. The van der Waals surface area contributed by atoms with Gasteiger partial charge in [0.1, 0.15) is 5.76 Å². The van der Waals surface area contributed by atoms with Gasteiger partial charge < -0.3 is 25.1 Å². The van der Waals surface area contributed by atoms with Crippen molar-refractivity contribution in [3.05, 3.63) is 24.2 Å². The summed E-state index contributed by atoms with van der Waals surface area (Å²) in [5.74, 6) is 2.22. The van der Waals surface area contributed by atoms with Crippen LogP contribution in [0, 0.1) is 5.92 Å². The van der Waals surface area contributed by atoms with Gasteiger partial charge in [-0.25, -0.2) is 4.79 Å². The van der Waals surface area contributed by atoms with Crippen molar-refractivity contribution >= 4 is 36.0 Å². The summed E-state index contributed by atoms with van der Waals surface area (Å²) in [6.07, 6.45) is 7.42. The lowest BCUT2D eigenvalue weighted by molar-refractivity contribution is 0.145. The zero-order chi connectivity index (χ0) is 20.5. The Morgan fingerprint density at radius 1 is 1.27 bits per heavy atom. The summed E-state index contributed by atoms with van der Waals surface area (Å²) < 4.78 is 10.7. The van der Waals surface area contributed by atoms with Gasteiger partial charge >= 0.3 is 6.09 Å². The van der Waals surface area contributed by atoms with E-state index in [2.05, 4.69) is 25.8 Å². The van der Waals surface area contributed by atoms with Gasteiger partial charge in [0, 0.05) is 20.1 Å². The fourth-order valence-corrected chi connectivity index (χ4v) is 3.90. The van der Waals surface area contributed by atoms with Crippen molar-refractivity contribution in [1.29, 1.82) is 0 Å². The first-order valence-corrected chi connectivity index (χ1v) is 10.9. The third kappa shape index (κ3) is 7.64. The molecule has 1 saturated carbocycles. The molecule has 8 nitrogen and oxygen atoms in total. The third-order valence-corrected chi connectivity index (χ3v) is 5.65. The second-order valence-electron chi connectivity index (χ2n) is 7.77. The minimum Gasteiger partial charge on any atom is -0.468 e. The maximum Gasteiger partial charge on any atom is 0.407 e. The smallest absolute Gasteiger partial charge is 0.407 e. The van der Waals surface area contributed by atoms with E-state index in [1.165, 1.54) is 19.3 Å². The second kappa shape index (κ2) is 13.0. The second-order valence-corrected chi connectivity index (χ2v) is 7.77. The van der Waals surface area contributed by atoms with Crippen LogP contribution in [-0.2, 0) is 4.74 Å². The molecule has 1 amide bonds. The molecule has 0 spiro atoms. The normalized spacial score (nSPS) is 19.3. The number of hydrogen-bond donors (Lipinski definition) is 3. The van der Waals surface area contributed by atoms with Crippen LogP contribution in [0.25, 0.3) is 0 Å². The first-order valence-electron chi connectivity index (χ1n) is 10.9. The number of carbonyl (C=O) groups is 1. The van der Waals surface area contributed by atoms with Crippen LogP contribution in [0.3, 0.4) is 0 Å². The lowest BCUT2D eigenvalue weighted by atomic mass is 10.1. The van der Waals surface area contributed by atoms with Gasteiger partial charge in [-0.05, 0) is 63.7 Å². The number of guanidine groups is 1. The Labute approximate surface area is 196 Å². The number of furan rings is 1. The number of alkyl carbamates (subject to hydrolysis) is 1. The number of hydrogen-bond acceptors (Lipinski definition) is 5. The zero-order valence-electron chi connectivity index (χ0n) is 18.1. The maximum atomic E-state index is 11.8. The van der Waals surface area contributed by atoms with Crippen LogP contribution in [0.15, 0.2) is 27.8 Å². The average Bonchev–Trinajstić information content (AvgIpc) is 3.45. The number of nitrogens with zero attached hydrogens (tertiary/aromatic N) is 2. The van der Waals surface area contributed by atoms with E-state index in [0.29, 0.717) is 25.6 Å². The van der Waals surface area contributed by atoms with E-state index >= 15 is 0 Å². The molecule has 1 saturated heterocycles. The van der Waals surface area contributed by atoms with Crippen LogP contribution in [0.4, 0.5) is 4.79 Å². The molecule has 3 N–H and O–H groups in total. The van der Waals surface area contributed by atoms with Crippen molar-refractivity contribution in [1.82, 2.24) is 20.9 Å². The van der Waals surface area contributed by atoms with Crippen molar-refractivity contribution < 1.29 is 13.9 Å². The van der Waals surface area contributed by atoms with Gasteiger partial charge in [0.25, 0.3) is 0 Å². The van der Waals surface area contributed by atoms with E-state index < -0.39 is 0 Å². The quantitative estimate of drug-likeness (QED) is 0.257. The Balaban J connectivity index is 0.00000320. The molecule has 0 bridgehead atoms. The molecule has 2 fully saturated rings. The number of halogens is 1. The van der Waals surface area contributed by atoms with Crippen LogP contribution in [-0.4, -0.2) is 62.8 Å². The molecule has 1 aliphatic heterocycles. The molecule has 2 unspecified atom stereocenters. The Morgan fingerprint density at radius 3 is 2.60 bits per heavy atom. The molecule has 0 radical (unpaired) electrons. The molecule has 2 heterocycles. The van der Waals surface area contributed by atoms with Crippen LogP contribution in [0.2, 0.25) is 0 Å². The van der Waals surface area contributed by atoms with Gasteiger partial charge in [-0.3, -0.25) is 9.89 Å². The van der Waals surface area contributed by atoms with Crippen molar-refractivity contribution in [2.75, 3.05) is 39.8 Å². The van der Waals surface area contributed by atoms with Crippen molar-refractivity contribution in [3.63, 3.8) is 0 Å². The maximum absolute atomic E-state index is 11.8. The fraction of sp³-hybridized carbons (Fsp3) is 0.714. The molecule has 9 heteroatoms. The van der Waals surface area contributed by atoms with E-state index in [1.54, 1.807) is 13.3 Å². The summed E-state index contributed by atoms with van der Waals surface area (Å²) in [4.78, 5) is 18.6. The van der Waals surface area contributed by atoms with E-state index in [1.807, 2.05) is 19.1 Å². The lowest BCUT2D eigenvalue weighted by Gasteiger charge is -2.33. The highest BCUT2D eigenvalue weighted by atomic mass is 127. The molecule has 170 valence electrons. The Morgan fingerprint density at radius 2 is 2.00 bits per heavy atom. The van der Waals surface area contributed by atoms with Crippen molar-refractivity contribution in [2.45, 2.75) is 51.1 Å². The number of carbonyl (C=O) groups excluding carboxylic acids is 1. The molecular weight excluding hydrogens is 497 g/mol. The molecular formula is C21H36IN5O3. The van der Waals surface area contributed by atoms with E-state index in [0.717, 1.165) is 37.7 Å². The minimum atomic E-state index is -0.350. The standard InChI is InChI=1S/C21H35N5O3.HI/c1-3-28-21(27)25-17(16-9-10-16)14-23-20(22-2)24-15-18(19-8-7-13-29-19)26-11-5-4-6-12-26;/h7-8,13,16-18H,3-6,9-12,14-15H2,1-2H3,(H,25,27)(H2,22,23,24);1H. The van der Waals surface area contributed by atoms with E-state index in [9.17, 15) is 4.79 Å². The van der Waals surface area contributed by atoms with Crippen molar-refractivity contribution in [3.8, 4) is 0 Å². The largest absolute Gasteiger partial charge is 0.468 e. The number of nitrogens with one attached hydrogen (secondary N) is 3. The molecule has 1 aliphatic carbocycles. The first kappa shape index (κ1) is 24.8. The highest BCUT2D eigenvalue weighted by Gasteiger charge is 2.33. The lowest BCUT2D eigenvalue weighted by Crippen LogP contribution is -2.49. The summed E-state index contributed by atoms with van der Waals surface area (Å²) in [5.41, 5.74) is 0. The molecule has 0 aromatic carbocycles. The SMILES string of the molecule is CCOC(=O)NC(CNC(=NC)NCC(c1ccco1)N1CCCCC1)C1CC1.I. The predicted octanol–water partition coefficient (Wildman–Crippen LogP) is 3.11. The van der Waals surface area contributed by atoms with Gasteiger partial charge in [-0.2, -0.15) is 0 Å². The van der Waals surface area contributed by atoms with Crippen LogP contribution < -0.4 is 16.0 Å². The Kier molecular flexibility index (Phi) is 10.8. The number of rotatable bonds is 9. The van der Waals surface area contributed by atoms with Crippen LogP contribution >= 0.6 is 24.0 Å². The Bertz CT molecular complexity index is 645. The molecule has 30 heavy (non-hydrogen) atoms. The third-order valence-electron chi connectivity index (χ3n) is 5.65. The first-order chi connectivity index (χ1) is 14.2. The van der Waals surface area contributed by atoms with Gasteiger partial charge in [0.2, 0.25) is 0 Å². The summed E-state index contributed by atoms with van der Waals surface area (Å²) in [6, 6.07) is 4.22. The summed E-state index contributed by atoms with van der Waals surface area (Å²) in [7, 11) is 1.77. The summed E-state index contributed by atoms with van der Waals surface area (Å²) >= 11 is 0. The van der Waals surface area contributed by atoms with Crippen LogP contribution in [0.5, 0.6) is 0 Å². The number of ether oxygens (including phenoxy) is 1. The molecule has 2 aliphatic rings. The van der Waals surface area contributed by atoms with E-state index in [-0.39, 0.29) is 42.2 Å². The topological polar surface area (TPSA) is 91.1 Å². The number of likely N-dealkylation sites (tertiary alicyclic amines) is 1. The highest BCUT2D eigenvalue weighted by Crippen LogP contribution is 2.32. The van der Waals surface area contributed by atoms with Gasteiger partial charge in [0.15, 0.2) is 5.96 Å². The Hall–Kier alpha value is -1.49. The number of amides is 1. The summed E-state index contributed by atoms with van der Waals surface area (Å²) in [5, 5.41) is 9.77. The highest BCUT2D eigenvalue weighted by molar-refractivity contribution is 14.0. The van der Waals surface area contributed by atoms with Crippen molar-refractivity contribution in [2.24, 2.45) is 10.9 Å². The predicted molar refractivity (Wildman–Crippen MR) is 128 cm³/mol. The van der Waals surface area contributed by atoms with Gasteiger partial charge in [0.05, 0.1) is 25.0 Å². The zero-order valence-corrected chi connectivity index (χ0v) is 20.4. The minimum absolute atomic E-state index is 0. The monoisotopic (exact) mass is 533 g/mol. The fourth-order valence-electron chi connectivity index (χ4n) is 3.90.